The number of hydrogen-bond donors (Lipinski definition) is 1. The van der Waals surface area contributed by atoms with Crippen molar-refractivity contribution >= 4 is 11.6 Å². The first-order valence-corrected chi connectivity index (χ1v) is 21.4. The Morgan fingerprint density at radius 3 is 1.65 bits per heavy atom. The number of aromatic nitrogens is 2. The highest BCUT2D eigenvalue weighted by atomic mass is 15.3. The molecule has 9 nitrogen and oxygen atoms in total. The molecule has 0 unspecified atom stereocenters. The summed E-state index contributed by atoms with van der Waals surface area (Å²) in [4.78, 5) is 24.1. The molecule has 9 heteroatoms. The Kier molecular flexibility index (Phi) is 21.8. The summed E-state index contributed by atoms with van der Waals surface area (Å²) < 4.78 is 0. The van der Waals surface area contributed by atoms with Gasteiger partial charge in [-0.15, -0.1) is 0 Å². The number of unbranched alkanes of at least 4 members (excludes halogenated alkanes) is 1. The quantitative estimate of drug-likeness (QED) is 0.317. The fourth-order valence-corrected chi connectivity index (χ4v) is 8.05. The second-order valence-corrected chi connectivity index (χ2v) is 14.8. The Morgan fingerprint density at radius 2 is 1.13 bits per heavy atom. The van der Waals surface area contributed by atoms with Gasteiger partial charge in [-0.05, 0) is 83.9 Å². The van der Waals surface area contributed by atoms with Crippen molar-refractivity contribution in [3.8, 4) is 0 Å². The zero-order valence-corrected chi connectivity index (χ0v) is 34.9. The molecule has 0 spiro atoms. The van der Waals surface area contributed by atoms with Gasteiger partial charge in [0.05, 0.1) is 0 Å². The number of para-hydroxylation sites is 1. The predicted molar refractivity (Wildman–Crippen MR) is 225 cm³/mol. The van der Waals surface area contributed by atoms with Crippen molar-refractivity contribution < 1.29 is 0 Å². The van der Waals surface area contributed by atoms with Gasteiger partial charge in [0.15, 0.2) is 0 Å². The summed E-state index contributed by atoms with van der Waals surface area (Å²) in [6, 6.07) is 15.1. The van der Waals surface area contributed by atoms with Gasteiger partial charge in [-0.2, -0.15) is 0 Å². The van der Waals surface area contributed by atoms with Crippen LogP contribution in [0.1, 0.15) is 92.9 Å². The largest absolute Gasteiger partial charge is 0.369 e. The summed E-state index contributed by atoms with van der Waals surface area (Å²) in [6.07, 6.45) is 14.4. The van der Waals surface area contributed by atoms with E-state index in [0.717, 1.165) is 43.1 Å². The van der Waals surface area contributed by atoms with Crippen molar-refractivity contribution in [2.75, 3.05) is 109 Å². The maximum absolute atomic E-state index is 4.34. The number of nitrogens with zero attached hydrogens (tertiary/aromatic N) is 8. The molecule has 5 aliphatic rings. The lowest BCUT2D eigenvalue weighted by Gasteiger charge is -2.45. The van der Waals surface area contributed by atoms with E-state index in [1.807, 2.05) is 46.2 Å². The van der Waals surface area contributed by atoms with Crippen LogP contribution < -0.4 is 15.1 Å². The van der Waals surface area contributed by atoms with Crippen LogP contribution in [0, 0.1) is 5.92 Å². The van der Waals surface area contributed by atoms with Crippen LogP contribution in [-0.4, -0.2) is 147 Å². The number of nitrogens with one attached hydrogen (secondary N) is 1. The number of rotatable bonds is 8. The maximum Gasteiger partial charge on any atom is 0.225 e. The highest BCUT2D eigenvalue weighted by Crippen LogP contribution is 2.26. The number of likely N-dealkylation sites (tertiary alicyclic amines) is 1. The second-order valence-electron chi connectivity index (χ2n) is 14.8. The molecule has 52 heavy (non-hydrogen) atoms. The molecule has 1 aliphatic carbocycles. The standard InChI is InChI=1S/C18H30N6.C17H27N3.C4H10.2C2H6/c1-21-7-3-17(4-8-21)23-11-9-22(10-12-23)13-16-14-24(15-16)18-19-5-2-6-20-18;1-18-15-7-9-17(10-8-15)20-13-11-19(12-14-20)16-5-3-2-4-6-16;1-3-4-2;2*1-2/h2,5-6,16-17H,3-4,7-15H2,1H3;2-6,15,17-18H,7-14H2,1H3;3-4H2,1-2H3;2*1-2H3. The van der Waals surface area contributed by atoms with Crippen molar-refractivity contribution in [3.63, 3.8) is 0 Å². The monoisotopic (exact) mass is 722 g/mol. The van der Waals surface area contributed by atoms with Gasteiger partial charge in [0.25, 0.3) is 0 Å². The molecule has 5 heterocycles. The minimum absolute atomic E-state index is 0.761. The van der Waals surface area contributed by atoms with Crippen LogP contribution in [0.25, 0.3) is 0 Å². The molecule has 1 N–H and O–H groups in total. The third kappa shape index (κ3) is 14.5. The topological polar surface area (TPSA) is 57.3 Å². The van der Waals surface area contributed by atoms with Gasteiger partial charge in [-0.25, -0.2) is 9.97 Å². The first-order valence-electron chi connectivity index (χ1n) is 21.4. The van der Waals surface area contributed by atoms with E-state index in [0.29, 0.717) is 0 Å². The van der Waals surface area contributed by atoms with E-state index >= 15 is 0 Å². The normalized spacial score (nSPS) is 23.7. The van der Waals surface area contributed by atoms with Crippen LogP contribution in [0.5, 0.6) is 0 Å². The zero-order chi connectivity index (χ0) is 37.6. The zero-order valence-electron chi connectivity index (χ0n) is 34.9. The lowest BCUT2D eigenvalue weighted by molar-refractivity contribution is 0.0562. The summed E-state index contributed by atoms with van der Waals surface area (Å²) in [5.74, 6) is 1.67. The SMILES string of the molecule is CC.CC.CCCC.CN1CCC(N2CCN(CC3CN(c4ncccn4)C3)CC2)CC1.CNC1CCC(N2CCN(c3ccccc3)CC2)CC1. The number of piperazine rings is 2. The minimum Gasteiger partial charge on any atom is -0.369 e. The number of hydrogen-bond acceptors (Lipinski definition) is 9. The van der Waals surface area contributed by atoms with Gasteiger partial charge in [0, 0.05) is 114 Å². The molecule has 1 aromatic heterocycles. The Balaban J connectivity index is 0.000000237. The molecule has 0 amide bonds. The second kappa shape index (κ2) is 25.7. The molecule has 0 bridgehead atoms. The first-order chi connectivity index (χ1) is 25.6. The minimum atomic E-state index is 0.761. The van der Waals surface area contributed by atoms with Crippen LogP contribution in [0.15, 0.2) is 48.8 Å². The van der Waals surface area contributed by atoms with E-state index < -0.39 is 0 Å². The fourth-order valence-electron chi connectivity index (χ4n) is 8.05. The average molecular weight is 722 g/mol. The molecule has 1 aromatic carbocycles. The summed E-state index contributed by atoms with van der Waals surface area (Å²) in [5, 5.41) is 3.43. The highest BCUT2D eigenvalue weighted by molar-refractivity contribution is 5.46. The van der Waals surface area contributed by atoms with E-state index in [1.54, 1.807) is 0 Å². The average Bonchev–Trinajstić information content (AvgIpc) is 3.22. The van der Waals surface area contributed by atoms with Crippen molar-refractivity contribution in [2.45, 2.75) is 111 Å². The Morgan fingerprint density at radius 1 is 0.615 bits per heavy atom. The van der Waals surface area contributed by atoms with Crippen LogP contribution in [0.4, 0.5) is 11.6 Å². The highest BCUT2D eigenvalue weighted by Gasteiger charge is 2.32. The molecule has 2 aromatic rings. The van der Waals surface area contributed by atoms with Gasteiger partial charge in [-0.1, -0.05) is 72.6 Å². The summed E-state index contributed by atoms with van der Waals surface area (Å²) in [5.41, 5.74) is 1.38. The molecule has 0 radical (unpaired) electrons. The first kappa shape index (κ1) is 44.1. The van der Waals surface area contributed by atoms with E-state index in [-0.39, 0.29) is 0 Å². The van der Waals surface area contributed by atoms with Crippen LogP contribution >= 0.6 is 0 Å². The predicted octanol–water partition coefficient (Wildman–Crippen LogP) is 6.82. The smallest absolute Gasteiger partial charge is 0.225 e. The third-order valence-corrected chi connectivity index (χ3v) is 11.5. The molecule has 1 saturated carbocycles. The van der Waals surface area contributed by atoms with Gasteiger partial charge >= 0.3 is 0 Å². The van der Waals surface area contributed by atoms with E-state index in [9.17, 15) is 0 Å². The van der Waals surface area contributed by atoms with Gasteiger partial charge in [-0.3, -0.25) is 9.80 Å². The van der Waals surface area contributed by atoms with E-state index in [2.05, 4.69) is 103 Å². The van der Waals surface area contributed by atoms with Crippen molar-refractivity contribution in [1.82, 2.24) is 34.9 Å². The summed E-state index contributed by atoms with van der Waals surface area (Å²) in [7, 11) is 4.35. The number of benzene rings is 1. The molecule has 4 saturated heterocycles. The van der Waals surface area contributed by atoms with Crippen LogP contribution in [0.3, 0.4) is 0 Å². The molecular formula is C43H79N9. The van der Waals surface area contributed by atoms with E-state index in [1.165, 1.54) is 129 Å². The van der Waals surface area contributed by atoms with Crippen molar-refractivity contribution in [1.29, 1.82) is 0 Å². The lowest BCUT2D eigenvalue weighted by Crippen LogP contribution is -2.57. The third-order valence-electron chi connectivity index (χ3n) is 11.5. The van der Waals surface area contributed by atoms with Crippen molar-refractivity contribution in [3.05, 3.63) is 48.8 Å². The summed E-state index contributed by atoms with van der Waals surface area (Å²) in [6.45, 7) is 28.2. The lowest BCUT2D eigenvalue weighted by atomic mass is 9.90. The number of anilines is 2. The molecule has 296 valence electrons. The Bertz CT molecular complexity index is 1100. The Hall–Kier alpha value is -2.30. The molecular weight excluding hydrogens is 643 g/mol. The van der Waals surface area contributed by atoms with Crippen molar-refractivity contribution in [2.24, 2.45) is 5.92 Å². The van der Waals surface area contributed by atoms with E-state index in [4.69, 9.17) is 0 Å². The van der Waals surface area contributed by atoms with Crippen LogP contribution in [0.2, 0.25) is 0 Å². The molecule has 5 fully saturated rings. The number of piperidine rings is 1. The maximum atomic E-state index is 4.34. The van der Waals surface area contributed by atoms with Gasteiger partial charge in [0.2, 0.25) is 5.95 Å². The molecule has 0 atom stereocenters. The Labute approximate surface area is 320 Å². The van der Waals surface area contributed by atoms with Gasteiger partial charge in [0.1, 0.15) is 0 Å². The molecule has 4 aliphatic heterocycles. The summed E-state index contributed by atoms with van der Waals surface area (Å²) >= 11 is 0. The fraction of sp³-hybridized carbons (Fsp3) is 0.767. The van der Waals surface area contributed by atoms with Gasteiger partial charge < -0.3 is 24.9 Å². The molecule has 7 rings (SSSR count). The van der Waals surface area contributed by atoms with Crippen LogP contribution in [-0.2, 0) is 0 Å².